The molecule has 4 rings (SSSR count). The Labute approximate surface area is 142 Å². The minimum absolute atomic E-state index is 1.05. The standard InChI is InChI=1S/C19H21N3S/c1-2-21-11-13-22(14-12-21)19-15-7-3-5-9-17(15)23-18-10-6-4-8-16(18)20-19/h3-10H,2,11-14H2,1H3. The third-order valence-electron chi connectivity index (χ3n) is 4.56. The van der Waals surface area contributed by atoms with Gasteiger partial charge in [0.05, 0.1) is 5.69 Å². The minimum Gasteiger partial charge on any atom is -0.354 e. The number of nitrogens with zero attached hydrogens (tertiary/aromatic N) is 3. The molecule has 1 fully saturated rings. The van der Waals surface area contributed by atoms with Gasteiger partial charge in [-0.1, -0.05) is 49.0 Å². The highest BCUT2D eigenvalue weighted by atomic mass is 32.2. The Bertz CT molecular complexity index is 733. The minimum atomic E-state index is 1.05. The van der Waals surface area contributed by atoms with E-state index in [2.05, 4.69) is 65.3 Å². The fourth-order valence-electron chi connectivity index (χ4n) is 3.19. The largest absolute Gasteiger partial charge is 0.354 e. The van der Waals surface area contributed by atoms with Gasteiger partial charge in [-0.2, -0.15) is 0 Å². The molecule has 2 aromatic rings. The summed E-state index contributed by atoms with van der Waals surface area (Å²) in [5.41, 5.74) is 2.35. The first-order chi connectivity index (χ1) is 11.3. The number of hydrogen-bond acceptors (Lipinski definition) is 4. The van der Waals surface area contributed by atoms with Crippen molar-refractivity contribution in [2.24, 2.45) is 4.99 Å². The van der Waals surface area contributed by atoms with Crippen molar-refractivity contribution < 1.29 is 0 Å². The molecule has 118 valence electrons. The van der Waals surface area contributed by atoms with E-state index >= 15 is 0 Å². The molecule has 4 heteroatoms. The van der Waals surface area contributed by atoms with Crippen LogP contribution in [-0.2, 0) is 0 Å². The molecule has 0 amide bonds. The summed E-state index contributed by atoms with van der Waals surface area (Å²) in [4.78, 5) is 12.6. The third-order valence-corrected chi connectivity index (χ3v) is 5.70. The summed E-state index contributed by atoms with van der Waals surface area (Å²) in [6.07, 6.45) is 0. The van der Waals surface area contributed by atoms with Crippen molar-refractivity contribution in [2.75, 3.05) is 32.7 Å². The zero-order chi connectivity index (χ0) is 15.6. The van der Waals surface area contributed by atoms with Gasteiger partial charge in [-0.05, 0) is 24.7 Å². The Hall–Kier alpha value is -1.78. The van der Waals surface area contributed by atoms with Gasteiger partial charge in [-0.15, -0.1) is 0 Å². The molecule has 0 unspecified atom stereocenters. The summed E-state index contributed by atoms with van der Waals surface area (Å²) < 4.78 is 0. The summed E-state index contributed by atoms with van der Waals surface area (Å²) in [6, 6.07) is 17.1. The van der Waals surface area contributed by atoms with Crippen LogP contribution in [0.1, 0.15) is 12.5 Å². The maximum absolute atomic E-state index is 5.06. The number of likely N-dealkylation sites (N-methyl/N-ethyl adjacent to an activating group) is 1. The van der Waals surface area contributed by atoms with Crippen LogP contribution in [0.25, 0.3) is 0 Å². The van der Waals surface area contributed by atoms with Gasteiger partial charge in [0.1, 0.15) is 5.84 Å². The van der Waals surface area contributed by atoms with Gasteiger partial charge in [-0.3, -0.25) is 0 Å². The maximum atomic E-state index is 5.06. The quantitative estimate of drug-likeness (QED) is 0.794. The normalized spacial score (nSPS) is 18.0. The van der Waals surface area contributed by atoms with Gasteiger partial charge >= 0.3 is 0 Å². The molecular formula is C19H21N3S. The second kappa shape index (κ2) is 6.38. The highest BCUT2D eigenvalue weighted by molar-refractivity contribution is 7.99. The molecule has 2 aromatic carbocycles. The molecule has 0 spiro atoms. The number of amidine groups is 1. The Kier molecular flexibility index (Phi) is 4.10. The van der Waals surface area contributed by atoms with Crippen molar-refractivity contribution in [3.05, 3.63) is 54.1 Å². The molecule has 0 aromatic heterocycles. The lowest BCUT2D eigenvalue weighted by Gasteiger charge is -2.36. The van der Waals surface area contributed by atoms with Crippen LogP contribution in [0.15, 0.2) is 63.3 Å². The van der Waals surface area contributed by atoms with E-state index in [-0.39, 0.29) is 0 Å². The first-order valence-corrected chi connectivity index (χ1v) is 9.09. The van der Waals surface area contributed by atoms with Crippen LogP contribution in [-0.4, -0.2) is 48.4 Å². The summed E-state index contributed by atoms with van der Waals surface area (Å²) in [6.45, 7) is 7.71. The zero-order valence-corrected chi connectivity index (χ0v) is 14.2. The molecule has 1 saturated heterocycles. The fourth-order valence-corrected chi connectivity index (χ4v) is 4.20. The Morgan fingerprint density at radius 2 is 1.61 bits per heavy atom. The predicted octanol–water partition coefficient (Wildman–Crippen LogP) is 3.87. The fraction of sp³-hybridized carbons (Fsp3) is 0.316. The molecule has 0 radical (unpaired) electrons. The van der Waals surface area contributed by atoms with E-state index in [4.69, 9.17) is 4.99 Å². The molecule has 0 N–H and O–H groups in total. The third kappa shape index (κ3) is 2.89. The van der Waals surface area contributed by atoms with Crippen LogP contribution in [0.4, 0.5) is 5.69 Å². The van der Waals surface area contributed by atoms with Gasteiger partial charge < -0.3 is 9.80 Å². The van der Waals surface area contributed by atoms with E-state index in [0.717, 1.165) is 44.2 Å². The number of hydrogen-bond donors (Lipinski definition) is 0. The topological polar surface area (TPSA) is 18.8 Å². The van der Waals surface area contributed by atoms with Crippen molar-refractivity contribution in [1.29, 1.82) is 0 Å². The Morgan fingerprint density at radius 1 is 0.913 bits per heavy atom. The monoisotopic (exact) mass is 323 g/mol. The van der Waals surface area contributed by atoms with Crippen LogP contribution in [0.2, 0.25) is 0 Å². The maximum Gasteiger partial charge on any atom is 0.137 e. The first-order valence-electron chi connectivity index (χ1n) is 8.27. The molecule has 2 aliphatic rings. The Balaban J connectivity index is 1.76. The molecule has 2 aliphatic heterocycles. The smallest absolute Gasteiger partial charge is 0.137 e. The van der Waals surface area contributed by atoms with E-state index in [1.807, 2.05) is 11.8 Å². The average molecular weight is 323 g/mol. The predicted molar refractivity (Wildman–Crippen MR) is 96.9 cm³/mol. The number of benzene rings is 2. The van der Waals surface area contributed by atoms with Gasteiger partial charge in [0.25, 0.3) is 0 Å². The van der Waals surface area contributed by atoms with Crippen molar-refractivity contribution in [1.82, 2.24) is 9.80 Å². The lowest BCUT2D eigenvalue weighted by molar-refractivity contribution is 0.190. The molecule has 0 saturated carbocycles. The van der Waals surface area contributed by atoms with E-state index in [1.54, 1.807) is 0 Å². The van der Waals surface area contributed by atoms with Crippen LogP contribution in [0.3, 0.4) is 0 Å². The molecule has 3 nitrogen and oxygen atoms in total. The SMILES string of the molecule is CCN1CCN(C2=Nc3ccccc3Sc3ccccc32)CC1. The summed E-state index contributed by atoms with van der Waals surface area (Å²) in [7, 11) is 0. The molecule has 23 heavy (non-hydrogen) atoms. The molecule has 2 heterocycles. The molecule has 0 bridgehead atoms. The highest BCUT2D eigenvalue weighted by Crippen LogP contribution is 2.40. The summed E-state index contributed by atoms with van der Waals surface area (Å²) >= 11 is 1.82. The molecule has 0 atom stereocenters. The zero-order valence-electron chi connectivity index (χ0n) is 13.4. The average Bonchev–Trinajstić information content (AvgIpc) is 2.78. The molecule has 0 aliphatic carbocycles. The number of fused-ring (bicyclic) bond motifs is 2. The van der Waals surface area contributed by atoms with Gasteiger partial charge in [0.2, 0.25) is 0 Å². The van der Waals surface area contributed by atoms with Crippen molar-refractivity contribution in [2.45, 2.75) is 16.7 Å². The lowest BCUT2D eigenvalue weighted by Crippen LogP contribution is -2.48. The summed E-state index contributed by atoms with van der Waals surface area (Å²) in [5, 5.41) is 0. The Morgan fingerprint density at radius 3 is 2.39 bits per heavy atom. The van der Waals surface area contributed by atoms with Crippen LogP contribution in [0.5, 0.6) is 0 Å². The number of aliphatic imine (C=N–C) groups is 1. The van der Waals surface area contributed by atoms with Gasteiger partial charge in [0, 0.05) is 41.5 Å². The van der Waals surface area contributed by atoms with Gasteiger partial charge in [0.15, 0.2) is 0 Å². The van der Waals surface area contributed by atoms with Crippen molar-refractivity contribution in [3.8, 4) is 0 Å². The van der Waals surface area contributed by atoms with Gasteiger partial charge in [-0.25, -0.2) is 4.99 Å². The lowest BCUT2D eigenvalue weighted by atomic mass is 10.1. The van der Waals surface area contributed by atoms with Crippen LogP contribution in [0, 0.1) is 0 Å². The number of rotatable bonds is 1. The van der Waals surface area contributed by atoms with E-state index < -0.39 is 0 Å². The van der Waals surface area contributed by atoms with Crippen LogP contribution < -0.4 is 0 Å². The first kappa shape index (κ1) is 14.8. The van der Waals surface area contributed by atoms with Crippen LogP contribution >= 0.6 is 11.8 Å². The number of piperazine rings is 1. The summed E-state index contributed by atoms with van der Waals surface area (Å²) in [5.74, 6) is 1.13. The van der Waals surface area contributed by atoms with Crippen molar-refractivity contribution >= 4 is 23.3 Å². The van der Waals surface area contributed by atoms with E-state index in [0.29, 0.717) is 0 Å². The number of para-hydroxylation sites is 1. The van der Waals surface area contributed by atoms with Crippen molar-refractivity contribution in [3.63, 3.8) is 0 Å². The van der Waals surface area contributed by atoms with E-state index in [9.17, 15) is 0 Å². The highest BCUT2D eigenvalue weighted by Gasteiger charge is 2.24. The van der Waals surface area contributed by atoms with E-state index in [1.165, 1.54) is 15.4 Å². The molecular weight excluding hydrogens is 302 g/mol. The second-order valence-electron chi connectivity index (χ2n) is 5.92. The second-order valence-corrected chi connectivity index (χ2v) is 7.01.